The largest absolute Gasteiger partial charge is 0.493 e. The van der Waals surface area contributed by atoms with Gasteiger partial charge in [-0.2, -0.15) is 0 Å². The number of rotatable bonds is 8. The van der Waals surface area contributed by atoms with E-state index in [4.69, 9.17) is 18.9 Å². The van der Waals surface area contributed by atoms with Crippen molar-refractivity contribution in [1.29, 1.82) is 0 Å². The van der Waals surface area contributed by atoms with Crippen molar-refractivity contribution in [3.63, 3.8) is 0 Å². The highest BCUT2D eigenvalue weighted by atomic mass is 16.5. The Morgan fingerprint density at radius 1 is 1.09 bits per heavy atom. The normalized spacial score (nSPS) is 24.4. The summed E-state index contributed by atoms with van der Waals surface area (Å²) in [5.41, 5.74) is 1.15. The average Bonchev–Trinajstić information content (AvgIpc) is 2.50. The van der Waals surface area contributed by atoms with Gasteiger partial charge in [0.25, 0.3) is 0 Å². The van der Waals surface area contributed by atoms with Gasteiger partial charge in [-0.25, -0.2) is 0 Å². The minimum Gasteiger partial charge on any atom is -0.493 e. The van der Waals surface area contributed by atoms with Crippen molar-refractivity contribution in [2.45, 2.75) is 33.0 Å². The lowest BCUT2D eigenvalue weighted by molar-refractivity contribution is -0.915. The van der Waals surface area contributed by atoms with Crippen LogP contribution in [0.3, 0.4) is 0 Å². The fourth-order valence-electron chi connectivity index (χ4n) is 3.02. The van der Waals surface area contributed by atoms with Gasteiger partial charge in [0, 0.05) is 0 Å². The van der Waals surface area contributed by atoms with Gasteiger partial charge >= 0.3 is 0 Å². The highest BCUT2D eigenvalue weighted by Gasteiger charge is 2.24. The van der Waals surface area contributed by atoms with Gasteiger partial charge < -0.3 is 23.8 Å². The van der Waals surface area contributed by atoms with Gasteiger partial charge in [0.15, 0.2) is 11.5 Å². The first-order valence-electron chi connectivity index (χ1n) is 8.42. The maximum absolute atomic E-state index is 5.75. The highest BCUT2D eigenvalue weighted by molar-refractivity contribution is 5.42. The summed E-state index contributed by atoms with van der Waals surface area (Å²) in [6.07, 6.45) is 0.678. The summed E-state index contributed by atoms with van der Waals surface area (Å²) in [4.78, 5) is 1.55. The summed E-state index contributed by atoms with van der Waals surface area (Å²) in [6.45, 7) is 11.3. The maximum atomic E-state index is 5.75. The molecule has 5 nitrogen and oxygen atoms in total. The van der Waals surface area contributed by atoms with E-state index in [0.29, 0.717) is 25.4 Å². The molecule has 1 aliphatic rings. The van der Waals surface area contributed by atoms with Crippen LogP contribution in [0, 0.1) is 6.92 Å². The van der Waals surface area contributed by atoms with Gasteiger partial charge in [-0.05, 0) is 38.5 Å². The van der Waals surface area contributed by atoms with Crippen LogP contribution in [-0.2, 0) is 9.47 Å². The van der Waals surface area contributed by atoms with Crippen LogP contribution in [0.5, 0.6) is 11.5 Å². The molecule has 0 bridgehead atoms. The van der Waals surface area contributed by atoms with Crippen molar-refractivity contribution in [3.05, 3.63) is 23.8 Å². The molecule has 1 saturated heterocycles. The van der Waals surface area contributed by atoms with E-state index in [9.17, 15) is 0 Å². The third-order valence-electron chi connectivity index (χ3n) is 4.02. The summed E-state index contributed by atoms with van der Waals surface area (Å²) in [5, 5.41) is 0. The van der Waals surface area contributed by atoms with Crippen LogP contribution in [0.1, 0.15) is 19.4 Å². The van der Waals surface area contributed by atoms with E-state index < -0.39 is 0 Å². The summed E-state index contributed by atoms with van der Waals surface area (Å²) >= 11 is 0. The van der Waals surface area contributed by atoms with Gasteiger partial charge in [0.2, 0.25) is 0 Å². The van der Waals surface area contributed by atoms with E-state index in [-0.39, 0.29) is 0 Å². The Balaban J connectivity index is 1.61. The SMILES string of the molecule is COc1cc(C)ccc1OCCOCC[NH+]1C[C@@H](C)O[C@@H](C)C1. The molecule has 0 spiro atoms. The number of morpholine rings is 1. The molecule has 5 heteroatoms. The van der Waals surface area contributed by atoms with Crippen LogP contribution in [0.15, 0.2) is 18.2 Å². The van der Waals surface area contributed by atoms with E-state index in [1.54, 1.807) is 12.0 Å². The van der Waals surface area contributed by atoms with Crippen molar-refractivity contribution in [1.82, 2.24) is 0 Å². The Kier molecular flexibility index (Phi) is 7.15. The molecular formula is C18H30NO4+. The Labute approximate surface area is 139 Å². The summed E-state index contributed by atoms with van der Waals surface area (Å²) in [7, 11) is 1.66. The Morgan fingerprint density at radius 3 is 2.52 bits per heavy atom. The van der Waals surface area contributed by atoms with Crippen LogP contribution in [0.2, 0.25) is 0 Å². The van der Waals surface area contributed by atoms with Gasteiger partial charge in [-0.3, -0.25) is 0 Å². The zero-order chi connectivity index (χ0) is 16.7. The van der Waals surface area contributed by atoms with Crippen LogP contribution < -0.4 is 14.4 Å². The van der Waals surface area contributed by atoms with Crippen molar-refractivity contribution in [3.8, 4) is 11.5 Å². The number of benzene rings is 1. The van der Waals surface area contributed by atoms with Crippen molar-refractivity contribution >= 4 is 0 Å². The number of hydrogen-bond donors (Lipinski definition) is 1. The molecule has 130 valence electrons. The zero-order valence-corrected chi connectivity index (χ0v) is 14.8. The molecule has 1 fully saturated rings. The summed E-state index contributed by atoms with van der Waals surface area (Å²) in [5.74, 6) is 1.54. The van der Waals surface area contributed by atoms with Crippen LogP contribution >= 0.6 is 0 Å². The summed E-state index contributed by atoms with van der Waals surface area (Å²) < 4.78 is 22.5. The zero-order valence-electron chi connectivity index (χ0n) is 14.8. The third-order valence-corrected chi connectivity index (χ3v) is 4.02. The molecule has 1 aromatic rings. The molecule has 23 heavy (non-hydrogen) atoms. The lowest BCUT2D eigenvalue weighted by Crippen LogP contribution is -3.15. The molecule has 0 radical (unpaired) electrons. The van der Waals surface area contributed by atoms with E-state index >= 15 is 0 Å². The molecule has 0 aromatic heterocycles. The first-order valence-corrected chi connectivity index (χ1v) is 8.42. The van der Waals surface area contributed by atoms with Crippen LogP contribution in [0.25, 0.3) is 0 Å². The summed E-state index contributed by atoms with van der Waals surface area (Å²) in [6, 6.07) is 5.93. The Bertz CT molecular complexity index is 470. The third kappa shape index (κ3) is 6.01. The second kappa shape index (κ2) is 9.11. The molecule has 0 aliphatic carbocycles. The second-order valence-corrected chi connectivity index (χ2v) is 6.28. The van der Waals surface area contributed by atoms with Crippen LogP contribution in [0.4, 0.5) is 0 Å². The number of ether oxygens (including phenoxy) is 4. The molecular weight excluding hydrogens is 294 g/mol. The highest BCUT2D eigenvalue weighted by Crippen LogP contribution is 2.27. The monoisotopic (exact) mass is 324 g/mol. The fourth-order valence-corrected chi connectivity index (χ4v) is 3.02. The number of hydrogen-bond acceptors (Lipinski definition) is 4. The predicted molar refractivity (Wildman–Crippen MR) is 89.6 cm³/mol. The molecule has 3 atom stereocenters. The van der Waals surface area contributed by atoms with Crippen LogP contribution in [-0.4, -0.2) is 58.8 Å². The van der Waals surface area contributed by atoms with E-state index in [2.05, 4.69) is 13.8 Å². The van der Waals surface area contributed by atoms with E-state index in [1.807, 2.05) is 25.1 Å². The molecule has 1 unspecified atom stereocenters. The predicted octanol–water partition coefficient (Wildman–Crippen LogP) is 1.09. The number of nitrogens with one attached hydrogen (secondary N) is 1. The van der Waals surface area contributed by atoms with Crippen molar-refractivity contribution in [2.75, 3.05) is 46.6 Å². The molecule has 0 amide bonds. The minimum atomic E-state index is 0.339. The minimum absolute atomic E-state index is 0.339. The maximum Gasteiger partial charge on any atom is 0.161 e. The standard InChI is InChI=1S/C18H29NO4/c1-14-5-6-17(18(11-14)20-4)22-10-9-21-8-7-19-12-15(2)23-16(3)13-19/h5-6,11,15-16H,7-10,12-13H2,1-4H3/p+1/t15-,16+. The average molecular weight is 324 g/mol. The molecule has 1 heterocycles. The molecule has 2 rings (SSSR count). The molecule has 1 aliphatic heterocycles. The van der Waals surface area contributed by atoms with Gasteiger partial charge in [0.05, 0.1) is 20.3 Å². The topological polar surface area (TPSA) is 41.4 Å². The van der Waals surface area contributed by atoms with E-state index in [1.165, 1.54) is 0 Å². The molecule has 1 aromatic carbocycles. The quantitative estimate of drug-likeness (QED) is 0.727. The number of methoxy groups -OCH3 is 1. The number of quaternary nitrogens is 1. The molecule has 0 saturated carbocycles. The van der Waals surface area contributed by atoms with Crippen molar-refractivity contribution < 1.29 is 23.8 Å². The van der Waals surface area contributed by atoms with Gasteiger partial charge in [-0.1, -0.05) is 6.07 Å². The van der Waals surface area contributed by atoms with Gasteiger partial charge in [-0.15, -0.1) is 0 Å². The fraction of sp³-hybridized carbons (Fsp3) is 0.667. The van der Waals surface area contributed by atoms with Crippen molar-refractivity contribution in [2.24, 2.45) is 0 Å². The van der Waals surface area contributed by atoms with Gasteiger partial charge in [0.1, 0.15) is 38.4 Å². The second-order valence-electron chi connectivity index (χ2n) is 6.28. The van der Waals surface area contributed by atoms with E-state index in [0.717, 1.165) is 43.3 Å². The first kappa shape index (κ1) is 18.0. The molecule has 1 N–H and O–H groups in total. The number of aryl methyl sites for hydroxylation is 1. The smallest absolute Gasteiger partial charge is 0.161 e. The lowest BCUT2D eigenvalue weighted by atomic mass is 10.2. The lowest BCUT2D eigenvalue weighted by Gasteiger charge is -2.32. The Morgan fingerprint density at radius 2 is 1.83 bits per heavy atom. The first-order chi connectivity index (χ1) is 11.1. The Hall–Kier alpha value is -1.30.